The third-order valence-corrected chi connectivity index (χ3v) is 3.57. The van der Waals surface area contributed by atoms with Crippen LogP contribution in [-0.2, 0) is 4.79 Å². The zero-order valence-corrected chi connectivity index (χ0v) is 12.0. The fraction of sp³-hybridized carbons (Fsp3) is 0.0769. The molecule has 0 saturated heterocycles. The standard InChI is InChI=1S/C13H9ClFNO4S/c14-9-3-7(15)1-2-10(9)16-12(17)5-20-8-4-11(13(18)19)21-6-8/h1-4,6H,5H2,(H,16,17)(H,18,19). The summed E-state index contributed by atoms with van der Waals surface area (Å²) >= 11 is 6.77. The summed E-state index contributed by atoms with van der Waals surface area (Å²) in [5.74, 6) is -1.77. The van der Waals surface area contributed by atoms with Crippen LogP contribution in [0.3, 0.4) is 0 Å². The van der Waals surface area contributed by atoms with Gasteiger partial charge in [0.05, 0.1) is 10.7 Å². The van der Waals surface area contributed by atoms with Crippen molar-refractivity contribution in [1.82, 2.24) is 0 Å². The first-order valence-corrected chi connectivity index (χ1v) is 6.91. The first-order valence-electron chi connectivity index (χ1n) is 5.65. The van der Waals surface area contributed by atoms with Crippen molar-refractivity contribution in [1.29, 1.82) is 0 Å². The molecule has 0 aliphatic rings. The maximum atomic E-state index is 12.9. The van der Waals surface area contributed by atoms with Crippen molar-refractivity contribution in [2.45, 2.75) is 0 Å². The number of nitrogens with one attached hydrogen (secondary N) is 1. The SMILES string of the molecule is O=C(COc1csc(C(=O)O)c1)Nc1ccc(F)cc1Cl. The molecule has 0 radical (unpaired) electrons. The second-order valence-electron chi connectivity index (χ2n) is 3.91. The van der Waals surface area contributed by atoms with Gasteiger partial charge < -0.3 is 15.2 Å². The Labute approximate surface area is 127 Å². The number of carbonyl (C=O) groups is 2. The number of hydrogen-bond donors (Lipinski definition) is 2. The lowest BCUT2D eigenvalue weighted by molar-refractivity contribution is -0.118. The smallest absolute Gasteiger partial charge is 0.346 e. The van der Waals surface area contributed by atoms with E-state index in [-0.39, 0.29) is 27.9 Å². The first-order chi connectivity index (χ1) is 9.95. The summed E-state index contributed by atoms with van der Waals surface area (Å²) < 4.78 is 18.0. The minimum Gasteiger partial charge on any atom is -0.483 e. The molecule has 110 valence electrons. The lowest BCUT2D eigenvalue weighted by Gasteiger charge is -2.07. The summed E-state index contributed by atoms with van der Waals surface area (Å²) in [6, 6.07) is 4.91. The number of benzene rings is 1. The van der Waals surface area contributed by atoms with Gasteiger partial charge in [-0.1, -0.05) is 11.6 Å². The molecular weight excluding hydrogens is 321 g/mol. The van der Waals surface area contributed by atoms with Crippen LogP contribution < -0.4 is 10.1 Å². The third kappa shape index (κ3) is 4.17. The van der Waals surface area contributed by atoms with Crippen LogP contribution >= 0.6 is 22.9 Å². The van der Waals surface area contributed by atoms with Gasteiger partial charge in [0.25, 0.3) is 5.91 Å². The topological polar surface area (TPSA) is 75.6 Å². The Morgan fingerprint density at radius 1 is 1.38 bits per heavy atom. The van der Waals surface area contributed by atoms with E-state index in [9.17, 15) is 14.0 Å². The van der Waals surface area contributed by atoms with Crippen molar-refractivity contribution in [3.63, 3.8) is 0 Å². The molecule has 2 rings (SSSR count). The maximum Gasteiger partial charge on any atom is 0.346 e. The lowest BCUT2D eigenvalue weighted by Crippen LogP contribution is -2.20. The van der Waals surface area contributed by atoms with Gasteiger partial charge in [-0.05, 0) is 18.2 Å². The van der Waals surface area contributed by atoms with Crippen molar-refractivity contribution >= 4 is 40.5 Å². The lowest BCUT2D eigenvalue weighted by atomic mass is 10.3. The van der Waals surface area contributed by atoms with E-state index in [0.29, 0.717) is 0 Å². The third-order valence-electron chi connectivity index (χ3n) is 2.36. The predicted octanol–water partition coefficient (Wildman–Crippen LogP) is 3.26. The van der Waals surface area contributed by atoms with E-state index in [4.69, 9.17) is 21.4 Å². The molecule has 0 aliphatic carbocycles. The van der Waals surface area contributed by atoms with Crippen LogP contribution in [0.1, 0.15) is 9.67 Å². The Balaban J connectivity index is 1.91. The second-order valence-corrected chi connectivity index (χ2v) is 5.23. The molecule has 21 heavy (non-hydrogen) atoms. The quantitative estimate of drug-likeness (QED) is 0.883. The normalized spacial score (nSPS) is 10.2. The van der Waals surface area contributed by atoms with Gasteiger partial charge in [0.15, 0.2) is 6.61 Å². The maximum absolute atomic E-state index is 12.9. The monoisotopic (exact) mass is 329 g/mol. The molecule has 0 bridgehead atoms. The molecule has 2 aromatic rings. The molecule has 2 N–H and O–H groups in total. The van der Waals surface area contributed by atoms with Gasteiger partial charge in [-0.2, -0.15) is 0 Å². The van der Waals surface area contributed by atoms with Gasteiger partial charge in [-0.25, -0.2) is 9.18 Å². The van der Waals surface area contributed by atoms with Gasteiger partial charge in [-0.3, -0.25) is 4.79 Å². The largest absolute Gasteiger partial charge is 0.483 e. The Hall–Kier alpha value is -2.12. The first kappa shape index (κ1) is 15.3. The average molecular weight is 330 g/mol. The molecule has 0 atom stereocenters. The van der Waals surface area contributed by atoms with Gasteiger partial charge in [0.1, 0.15) is 16.4 Å². The van der Waals surface area contributed by atoms with Crippen LogP contribution in [0, 0.1) is 5.82 Å². The highest BCUT2D eigenvalue weighted by molar-refractivity contribution is 7.12. The van der Waals surface area contributed by atoms with Gasteiger partial charge in [0.2, 0.25) is 0 Å². The average Bonchev–Trinajstić information content (AvgIpc) is 2.89. The number of thiophene rings is 1. The Morgan fingerprint density at radius 2 is 2.14 bits per heavy atom. The van der Waals surface area contributed by atoms with Gasteiger partial charge in [0, 0.05) is 11.4 Å². The molecule has 5 nitrogen and oxygen atoms in total. The van der Waals surface area contributed by atoms with Gasteiger partial charge in [-0.15, -0.1) is 11.3 Å². The molecular formula is C13H9ClFNO4S. The van der Waals surface area contributed by atoms with Crippen molar-refractivity contribution in [2.75, 3.05) is 11.9 Å². The van der Waals surface area contributed by atoms with Crippen LogP contribution in [0.5, 0.6) is 5.75 Å². The van der Waals surface area contributed by atoms with Crippen LogP contribution in [0.4, 0.5) is 10.1 Å². The van der Waals surface area contributed by atoms with E-state index < -0.39 is 17.7 Å². The van der Waals surface area contributed by atoms with Crippen molar-refractivity contribution in [3.05, 3.63) is 45.4 Å². The Kier molecular flexibility index (Phi) is 4.77. The summed E-state index contributed by atoms with van der Waals surface area (Å²) in [4.78, 5) is 22.5. The van der Waals surface area contributed by atoms with Crippen LogP contribution in [0.25, 0.3) is 0 Å². The van der Waals surface area contributed by atoms with E-state index >= 15 is 0 Å². The van der Waals surface area contributed by atoms with Crippen LogP contribution in [0.2, 0.25) is 5.02 Å². The summed E-state index contributed by atoms with van der Waals surface area (Å²) in [6.07, 6.45) is 0. The van der Waals surface area contributed by atoms with E-state index in [1.165, 1.54) is 23.6 Å². The van der Waals surface area contributed by atoms with E-state index in [0.717, 1.165) is 17.4 Å². The fourth-order valence-corrected chi connectivity index (χ4v) is 2.31. The zero-order chi connectivity index (χ0) is 15.4. The van der Waals surface area contributed by atoms with Crippen molar-refractivity contribution in [3.8, 4) is 5.75 Å². The Bertz CT molecular complexity index is 689. The highest BCUT2D eigenvalue weighted by Crippen LogP contribution is 2.23. The number of carboxylic acids is 1. The van der Waals surface area contributed by atoms with E-state index in [1.54, 1.807) is 0 Å². The number of amides is 1. The molecule has 1 heterocycles. The predicted molar refractivity (Wildman–Crippen MR) is 76.8 cm³/mol. The van der Waals surface area contributed by atoms with E-state index in [2.05, 4.69) is 5.32 Å². The minimum absolute atomic E-state index is 0.0760. The minimum atomic E-state index is -1.06. The number of ether oxygens (including phenoxy) is 1. The second kappa shape index (κ2) is 6.55. The molecule has 0 unspecified atom stereocenters. The number of anilines is 1. The summed E-state index contributed by atoms with van der Waals surface area (Å²) in [5.41, 5.74) is 0.267. The molecule has 0 fully saturated rings. The number of carboxylic acid groups (broad SMARTS) is 1. The number of hydrogen-bond acceptors (Lipinski definition) is 4. The number of halogens is 2. The summed E-state index contributed by atoms with van der Waals surface area (Å²) in [5, 5.41) is 12.8. The summed E-state index contributed by atoms with van der Waals surface area (Å²) in [6.45, 7) is -0.316. The van der Waals surface area contributed by atoms with Gasteiger partial charge >= 0.3 is 5.97 Å². The molecule has 0 saturated carbocycles. The van der Waals surface area contributed by atoms with Crippen LogP contribution in [0.15, 0.2) is 29.6 Å². The zero-order valence-electron chi connectivity index (χ0n) is 10.4. The highest BCUT2D eigenvalue weighted by atomic mass is 35.5. The molecule has 1 aromatic carbocycles. The number of carbonyl (C=O) groups excluding carboxylic acids is 1. The number of aromatic carboxylic acids is 1. The molecule has 0 aliphatic heterocycles. The molecule has 1 aromatic heterocycles. The van der Waals surface area contributed by atoms with Crippen molar-refractivity contribution in [2.24, 2.45) is 0 Å². The van der Waals surface area contributed by atoms with Crippen molar-refractivity contribution < 1.29 is 23.8 Å². The molecule has 1 amide bonds. The highest BCUT2D eigenvalue weighted by Gasteiger charge is 2.10. The molecule has 8 heteroatoms. The summed E-state index contributed by atoms with van der Waals surface area (Å²) in [7, 11) is 0. The fourth-order valence-electron chi connectivity index (χ4n) is 1.43. The van der Waals surface area contributed by atoms with Crippen LogP contribution in [-0.4, -0.2) is 23.6 Å². The van der Waals surface area contributed by atoms with E-state index in [1.807, 2.05) is 0 Å². The molecule has 0 spiro atoms. The number of rotatable bonds is 5. The Morgan fingerprint density at radius 3 is 2.76 bits per heavy atom.